The lowest BCUT2D eigenvalue weighted by Gasteiger charge is -2.29. The van der Waals surface area contributed by atoms with Gasteiger partial charge in [-0.15, -0.1) is 4.28 Å². The van der Waals surface area contributed by atoms with Crippen LogP contribution in [-0.4, -0.2) is 82.2 Å². The molecule has 3 amide bonds. The van der Waals surface area contributed by atoms with Crippen molar-refractivity contribution in [2.45, 2.75) is 50.4 Å². The average molecular weight is 444 g/mol. The minimum absolute atomic E-state index is 0.0555. The highest BCUT2D eigenvalue weighted by Gasteiger charge is 2.49. The Kier molecular flexibility index (Phi) is 5.67. The van der Waals surface area contributed by atoms with E-state index in [4.69, 9.17) is 9.39 Å². The standard InChI is InChI=1S/C16H24N6O7S/c1-10-17-4-5-20(10)13-6-11(18-7-13)9-28-19-15(23)14-3-2-12-8-21(14)16(24)22(12)29-30(25,26)27/h4-5,11-14,18H,2-3,6-9H2,1H3,(H,19,23)(H,25,26,27)/t11-,12+,13+,14-/m0/s1. The molecule has 0 saturated carbocycles. The van der Waals surface area contributed by atoms with E-state index in [9.17, 15) is 18.0 Å². The Morgan fingerprint density at radius 3 is 2.90 bits per heavy atom. The fourth-order valence-corrected chi connectivity index (χ4v) is 4.68. The molecule has 0 spiro atoms. The number of amides is 3. The number of urea groups is 1. The molecule has 166 valence electrons. The highest BCUT2D eigenvalue weighted by molar-refractivity contribution is 7.80. The lowest BCUT2D eigenvalue weighted by molar-refractivity contribution is -0.139. The van der Waals surface area contributed by atoms with Crippen molar-refractivity contribution in [3.05, 3.63) is 18.2 Å². The highest BCUT2D eigenvalue weighted by atomic mass is 32.3. The number of imidazole rings is 1. The van der Waals surface area contributed by atoms with Gasteiger partial charge in [-0.25, -0.2) is 15.3 Å². The number of piperidine rings is 1. The zero-order chi connectivity index (χ0) is 21.5. The maximum atomic E-state index is 12.5. The highest BCUT2D eigenvalue weighted by Crippen LogP contribution is 2.30. The largest absolute Gasteiger partial charge is 0.418 e. The van der Waals surface area contributed by atoms with Crippen molar-refractivity contribution in [1.29, 1.82) is 0 Å². The number of carbonyl (C=O) groups is 2. The van der Waals surface area contributed by atoms with Gasteiger partial charge in [-0.05, 0) is 26.2 Å². The predicted octanol–water partition coefficient (Wildman–Crippen LogP) is -0.855. The maximum absolute atomic E-state index is 12.5. The van der Waals surface area contributed by atoms with E-state index in [0.29, 0.717) is 17.9 Å². The molecular weight excluding hydrogens is 420 g/mol. The maximum Gasteiger partial charge on any atom is 0.418 e. The number of hydrogen-bond donors (Lipinski definition) is 3. The molecule has 0 unspecified atom stereocenters. The molecule has 4 atom stereocenters. The number of fused-ring (bicyclic) bond motifs is 2. The SMILES string of the molecule is Cc1nccn1[C@H]1CN[C@H](CONC(=O)[C@@H]2CC[C@@H]3CN2C(=O)N3OS(=O)(=O)O)C1. The third kappa shape index (κ3) is 4.27. The first-order valence-corrected chi connectivity index (χ1v) is 11.0. The molecule has 0 aromatic carbocycles. The topological polar surface area (TPSA) is 155 Å². The summed E-state index contributed by atoms with van der Waals surface area (Å²) in [5.74, 6) is 0.449. The van der Waals surface area contributed by atoms with Crippen LogP contribution >= 0.6 is 0 Å². The zero-order valence-electron chi connectivity index (χ0n) is 16.3. The molecule has 3 aliphatic heterocycles. The molecule has 13 nitrogen and oxygen atoms in total. The first-order valence-electron chi connectivity index (χ1n) is 9.64. The molecule has 4 heterocycles. The Morgan fingerprint density at radius 1 is 1.40 bits per heavy atom. The van der Waals surface area contributed by atoms with E-state index in [1.807, 2.05) is 13.1 Å². The van der Waals surface area contributed by atoms with Crippen LogP contribution in [0.2, 0.25) is 0 Å². The Morgan fingerprint density at radius 2 is 2.20 bits per heavy atom. The van der Waals surface area contributed by atoms with Gasteiger partial charge in [0.25, 0.3) is 5.91 Å². The first kappa shape index (κ1) is 21.0. The van der Waals surface area contributed by atoms with Gasteiger partial charge in [0.05, 0.1) is 12.6 Å². The summed E-state index contributed by atoms with van der Waals surface area (Å²) in [6.45, 7) is 3.11. The van der Waals surface area contributed by atoms with Crippen LogP contribution in [0.5, 0.6) is 0 Å². The van der Waals surface area contributed by atoms with Crippen LogP contribution < -0.4 is 10.8 Å². The van der Waals surface area contributed by atoms with Crippen molar-refractivity contribution in [1.82, 2.24) is 30.3 Å². The second-order valence-corrected chi connectivity index (χ2v) is 8.67. The van der Waals surface area contributed by atoms with E-state index in [-0.39, 0.29) is 25.2 Å². The summed E-state index contributed by atoms with van der Waals surface area (Å²) < 4.78 is 37.1. The van der Waals surface area contributed by atoms with Gasteiger partial charge in [-0.3, -0.25) is 14.2 Å². The van der Waals surface area contributed by atoms with Gasteiger partial charge in [0.1, 0.15) is 11.9 Å². The number of carbonyl (C=O) groups excluding carboxylic acids is 2. The number of hydroxylamine groups is 3. The number of aromatic nitrogens is 2. The van der Waals surface area contributed by atoms with Gasteiger partial charge in [0.2, 0.25) is 0 Å². The van der Waals surface area contributed by atoms with Gasteiger partial charge in [0.15, 0.2) is 0 Å². The van der Waals surface area contributed by atoms with E-state index < -0.39 is 34.4 Å². The third-order valence-corrected chi connectivity index (χ3v) is 6.06. The Balaban J connectivity index is 1.25. The fourth-order valence-electron chi connectivity index (χ4n) is 4.30. The molecule has 0 aliphatic carbocycles. The molecule has 14 heteroatoms. The smallest absolute Gasteiger partial charge is 0.331 e. The molecule has 3 N–H and O–H groups in total. The van der Waals surface area contributed by atoms with Gasteiger partial charge in [-0.2, -0.15) is 13.5 Å². The Labute approximate surface area is 173 Å². The summed E-state index contributed by atoms with van der Waals surface area (Å²) in [4.78, 5) is 35.7. The second-order valence-electron chi connectivity index (χ2n) is 7.66. The van der Waals surface area contributed by atoms with Gasteiger partial charge >= 0.3 is 16.4 Å². The fraction of sp³-hybridized carbons (Fsp3) is 0.688. The van der Waals surface area contributed by atoms with Crippen LogP contribution in [0.1, 0.15) is 31.1 Å². The molecule has 3 saturated heterocycles. The second kappa shape index (κ2) is 8.11. The molecule has 2 bridgehead atoms. The molecule has 4 rings (SSSR count). The van der Waals surface area contributed by atoms with Gasteiger partial charge in [0, 0.05) is 37.6 Å². The minimum Gasteiger partial charge on any atom is -0.331 e. The molecular formula is C16H24N6O7S. The first-order chi connectivity index (χ1) is 14.2. The monoisotopic (exact) mass is 444 g/mol. The minimum atomic E-state index is -4.82. The number of aryl methyl sites for hydroxylation is 1. The summed E-state index contributed by atoms with van der Waals surface area (Å²) in [7, 11) is -4.82. The van der Waals surface area contributed by atoms with E-state index >= 15 is 0 Å². The number of rotatable bonds is 7. The summed E-state index contributed by atoms with van der Waals surface area (Å²) >= 11 is 0. The summed E-state index contributed by atoms with van der Waals surface area (Å²) in [6, 6.07) is -1.81. The van der Waals surface area contributed by atoms with Crippen molar-refractivity contribution < 1.29 is 31.7 Å². The van der Waals surface area contributed by atoms with Gasteiger partial charge in [-0.1, -0.05) is 0 Å². The lowest BCUT2D eigenvalue weighted by atomic mass is 10.0. The Hall–Kier alpha value is -2.26. The van der Waals surface area contributed by atoms with Crippen molar-refractivity contribution in [2.24, 2.45) is 0 Å². The normalized spacial score (nSPS) is 28.9. The quantitative estimate of drug-likeness (QED) is 0.360. The summed E-state index contributed by atoms with van der Waals surface area (Å²) in [5.41, 5.74) is 2.39. The van der Waals surface area contributed by atoms with Crippen LogP contribution in [0, 0.1) is 6.92 Å². The molecule has 3 aliphatic rings. The molecule has 0 radical (unpaired) electrons. The summed E-state index contributed by atoms with van der Waals surface area (Å²) in [6.07, 6.45) is 5.19. The van der Waals surface area contributed by atoms with Crippen molar-refractivity contribution >= 4 is 22.3 Å². The number of nitrogens with zero attached hydrogens (tertiary/aromatic N) is 4. The van der Waals surface area contributed by atoms with E-state index in [0.717, 1.165) is 18.8 Å². The average Bonchev–Trinajstić information content (AvgIpc) is 3.37. The van der Waals surface area contributed by atoms with Crippen molar-refractivity contribution in [2.75, 3.05) is 19.7 Å². The zero-order valence-corrected chi connectivity index (χ0v) is 17.1. The van der Waals surface area contributed by atoms with Crippen molar-refractivity contribution in [3.63, 3.8) is 0 Å². The molecule has 1 aromatic rings. The van der Waals surface area contributed by atoms with Crippen LogP contribution in [0.4, 0.5) is 4.79 Å². The van der Waals surface area contributed by atoms with Crippen LogP contribution in [0.25, 0.3) is 0 Å². The third-order valence-electron chi connectivity index (χ3n) is 5.71. The predicted molar refractivity (Wildman–Crippen MR) is 99.9 cm³/mol. The van der Waals surface area contributed by atoms with Crippen molar-refractivity contribution in [3.8, 4) is 0 Å². The molecule has 1 aromatic heterocycles. The van der Waals surface area contributed by atoms with E-state index in [1.165, 1.54) is 4.90 Å². The van der Waals surface area contributed by atoms with E-state index in [1.54, 1.807) is 6.20 Å². The Bertz CT molecular complexity index is 921. The van der Waals surface area contributed by atoms with Crippen LogP contribution in [0.15, 0.2) is 12.4 Å². The molecule has 3 fully saturated rings. The molecule has 30 heavy (non-hydrogen) atoms. The van der Waals surface area contributed by atoms with Crippen LogP contribution in [-0.2, 0) is 24.3 Å². The number of hydrogen-bond acceptors (Lipinski definition) is 8. The number of nitrogens with one attached hydrogen (secondary N) is 2. The van der Waals surface area contributed by atoms with E-state index in [2.05, 4.69) is 24.6 Å². The van der Waals surface area contributed by atoms with Crippen LogP contribution in [0.3, 0.4) is 0 Å². The lowest BCUT2D eigenvalue weighted by Crippen LogP contribution is -2.50. The van der Waals surface area contributed by atoms with Gasteiger partial charge < -0.3 is 14.8 Å². The summed E-state index contributed by atoms with van der Waals surface area (Å²) in [5, 5.41) is 3.94.